The van der Waals surface area contributed by atoms with E-state index in [1.54, 1.807) is 6.08 Å². The maximum Gasteiger partial charge on any atom is 0.268 e. The van der Waals surface area contributed by atoms with E-state index in [4.69, 9.17) is 9.05 Å². The summed E-state index contributed by atoms with van der Waals surface area (Å²) in [6, 6.07) is -0.886. The molecule has 0 rings (SSSR count). The molecule has 0 saturated carbocycles. The number of rotatable bonds is 62. The van der Waals surface area contributed by atoms with Crippen LogP contribution < -0.4 is 10.2 Å². The molecule has 0 aromatic heterocycles. The summed E-state index contributed by atoms with van der Waals surface area (Å²) in [6.07, 6.45) is 76.8. The average Bonchev–Trinajstić information content (AvgIpc) is 3.38. The van der Waals surface area contributed by atoms with Crippen LogP contribution in [0, 0.1) is 0 Å². The quantitative estimate of drug-likeness (QED) is 0.0272. The van der Waals surface area contributed by atoms with Crippen LogP contribution in [0.15, 0.2) is 36.5 Å². The number of aliphatic hydroxyl groups excluding tert-OH is 1. The second kappa shape index (κ2) is 58.4. The van der Waals surface area contributed by atoms with Gasteiger partial charge in [-0.05, 0) is 51.4 Å². The maximum absolute atomic E-state index is 13.0. The van der Waals surface area contributed by atoms with Crippen LogP contribution in [0.4, 0.5) is 0 Å². The predicted molar refractivity (Wildman–Crippen MR) is 330 cm³/mol. The minimum atomic E-state index is -4.60. The summed E-state index contributed by atoms with van der Waals surface area (Å²) in [5, 5.41) is 14.0. The number of hydrogen-bond donors (Lipinski definition) is 2. The van der Waals surface area contributed by atoms with E-state index in [2.05, 4.69) is 43.5 Å². The van der Waals surface area contributed by atoms with Crippen LogP contribution in [-0.2, 0) is 18.4 Å². The predicted octanol–water partition coefficient (Wildman–Crippen LogP) is 20.3. The Bertz CT molecular complexity index is 1330. The summed E-state index contributed by atoms with van der Waals surface area (Å²) < 4.78 is 23.4. The molecular formula is C67H131N2O6P. The molecule has 450 valence electrons. The molecule has 8 nitrogen and oxygen atoms in total. The zero-order chi connectivity index (χ0) is 55.6. The summed E-state index contributed by atoms with van der Waals surface area (Å²) >= 11 is 0. The number of quaternary nitrogens is 1. The third-order valence-electron chi connectivity index (χ3n) is 15.3. The lowest BCUT2D eigenvalue weighted by Gasteiger charge is -2.29. The summed E-state index contributed by atoms with van der Waals surface area (Å²) in [7, 11) is 1.28. The van der Waals surface area contributed by atoms with E-state index in [1.807, 2.05) is 27.2 Å². The van der Waals surface area contributed by atoms with Crippen LogP contribution in [-0.4, -0.2) is 68.5 Å². The number of nitrogens with one attached hydrogen (secondary N) is 1. The normalized spacial score (nSPS) is 13.9. The molecule has 3 unspecified atom stereocenters. The van der Waals surface area contributed by atoms with Gasteiger partial charge in [-0.1, -0.05) is 314 Å². The van der Waals surface area contributed by atoms with Gasteiger partial charge in [-0.25, -0.2) is 0 Å². The number of phosphoric acid groups is 1. The third kappa shape index (κ3) is 60.4. The first-order valence-electron chi connectivity index (χ1n) is 33.4. The van der Waals surface area contributed by atoms with Gasteiger partial charge in [0, 0.05) is 6.42 Å². The van der Waals surface area contributed by atoms with Crippen LogP contribution in [0.5, 0.6) is 0 Å². The molecule has 76 heavy (non-hydrogen) atoms. The molecule has 1 amide bonds. The van der Waals surface area contributed by atoms with Gasteiger partial charge in [0.2, 0.25) is 5.91 Å². The number of phosphoric ester groups is 1. The van der Waals surface area contributed by atoms with Crippen molar-refractivity contribution in [3.8, 4) is 0 Å². The molecule has 0 aliphatic heterocycles. The van der Waals surface area contributed by atoms with Crippen molar-refractivity contribution in [1.29, 1.82) is 0 Å². The highest BCUT2D eigenvalue weighted by Crippen LogP contribution is 2.38. The number of amides is 1. The number of allylic oxidation sites excluding steroid dienone is 5. The highest BCUT2D eigenvalue weighted by Gasteiger charge is 2.23. The molecule has 9 heteroatoms. The highest BCUT2D eigenvalue weighted by molar-refractivity contribution is 7.45. The van der Waals surface area contributed by atoms with E-state index in [0.717, 1.165) is 44.9 Å². The van der Waals surface area contributed by atoms with Gasteiger partial charge in [-0.15, -0.1) is 0 Å². The second-order valence-corrected chi connectivity index (χ2v) is 25.6. The second-order valence-electron chi connectivity index (χ2n) is 24.2. The lowest BCUT2D eigenvalue weighted by atomic mass is 10.0. The van der Waals surface area contributed by atoms with E-state index in [0.29, 0.717) is 17.4 Å². The molecule has 0 bridgehead atoms. The van der Waals surface area contributed by atoms with Crippen molar-refractivity contribution in [2.24, 2.45) is 0 Å². The van der Waals surface area contributed by atoms with E-state index in [1.165, 1.54) is 270 Å². The lowest BCUT2D eigenvalue weighted by molar-refractivity contribution is -0.870. The Morgan fingerprint density at radius 2 is 0.763 bits per heavy atom. The van der Waals surface area contributed by atoms with Crippen molar-refractivity contribution < 1.29 is 32.9 Å². The van der Waals surface area contributed by atoms with Crippen LogP contribution in [0.3, 0.4) is 0 Å². The van der Waals surface area contributed by atoms with Gasteiger partial charge >= 0.3 is 0 Å². The van der Waals surface area contributed by atoms with E-state index < -0.39 is 20.0 Å². The standard InChI is InChI=1S/C67H131N2O6P/c1-6-8-10-12-14-16-18-20-22-24-26-28-30-31-32-33-34-35-36-37-39-41-43-45-47-49-51-53-55-57-59-61-67(71)68-65(64-75-76(72,73)74-63-62-69(3,4)5)66(70)60-58-56-54-52-50-48-46-44-42-40-38-29-27-25-23-21-19-17-15-13-11-9-7-2/h18,20,24,26,58,60,65-66,70H,6-17,19,21-23,25,27-57,59,61-64H2,1-5H3,(H-,68,71,72,73)/b20-18-,26-24-,60-58+. The molecule has 0 aliphatic carbocycles. The fourth-order valence-corrected chi connectivity index (χ4v) is 10.9. The molecule has 2 N–H and O–H groups in total. The van der Waals surface area contributed by atoms with Gasteiger partial charge in [-0.2, -0.15) is 0 Å². The Morgan fingerprint density at radius 3 is 1.09 bits per heavy atom. The van der Waals surface area contributed by atoms with Crippen molar-refractivity contribution in [3.63, 3.8) is 0 Å². The van der Waals surface area contributed by atoms with Crippen molar-refractivity contribution >= 4 is 13.7 Å². The first-order valence-corrected chi connectivity index (χ1v) is 34.8. The van der Waals surface area contributed by atoms with E-state index >= 15 is 0 Å². The first-order chi connectivity index (χ1) is 37.0. The number of unbranched alkanes of at least 4 members (excludes halogenated alkanes) is 45. The number of likely N-dealkylation sites (N-methyl/N-ethyl adjacent to an activating group) is 1. The zero-order valence-corrected chi connectivity index (χ0v) is 52.4. The fourth-order valence-electron chi connectivity index (χ4n) is 10.1. The Morgan fingerprint density at radius 1 is 0.461 bits per heavy atom. The van der Waals surface area contributed by atoms with Crippen molar-refractivity contribution in [1.82, 2.24) is 5.32 Å². The summed E-state index contributed by atoms with van der Waals surface area (Å²) in [6.45, 7) is 4.69. The van der Waals surface area contributed by atoms with Gasteiger partial charge in [0.05, 0.1) is 39.9 Å². The highest BCUT2D eigenvalue weighted by atomic mass is 31.2. The largest absolute Gasteiger partial charge is 0.756 e. The van der Waals surface area contributed by atoms with Gasteiger partial charge in [-0.3, -0.25) is 9.36 Å². The van der Waals surface area contributed by atoms with Crippen molar-refractivity contribution in [2.45, 2.75) is 347 Å². The smallest absolute Gasteiger partial charge is 0.268 e. The molecule has 0 spiro atoms. The van der Waals surface area contributed by atoms with Gasteiger partial charge in [0.15, 0.2) is 0 Å². The molecule has 0 radical (unpaired) electrons. The van der Waals surface area contributed by atoms with Crippen LogP contribution in [0.25, 0.3) is 0 Å². The number of aliphatic hydroxyl groups is 1. The molecule has 3 atom stereocenters. The Balaban J connectivity index is 4.06. The van der Waals surface area contributed by atoms with Gasteiger partial charge < -0.3 is 28.8 Å². The number of nitrogens with zero attached hydrogens (tertiary/aromatic N) is 1. The molecule has 0 aromatic rings. The topological polar surface area (TPSA) is 108 Å². The Hall–Kier alpha value is -1.28. The molecule has 0 aliphatic rings. The first kappa shape index (κ1) is 74.7. The summed E-state index contributed by atoms with van der Waals surface area (Å²) in [5.41, 5.74) is 0. The number of hydrogen-bond acceptors (Lipinski definition) is 6. The van der Waals surface area contributed by atoms with E-state index in [-0.39, 0.29) is 19.1 Å². The fraction of sp³-hybridized carbons (Fsp3) is 0.896. The maximum atomic E-state index is 13.0. The van der Waals surface area contributed by atoms with Crippen molar-refractivity contribution in [3.05, 3.63) is 36.5 Å². The minimum Gasteiger partial charge on any atom is -0.756 e. The molecular weight excluding hydrogens is 960 g/mol. The zero-order valence-electron chi connectivity index (χ0n) is 51.5. The number of carbonyl (C=O) groups is 1. The Labute approximate surface area is 474 Å². The molecule has 0 saturated heterocycles. The van der Waals surface area contributed by atoms with Crippen LogP contribution >= 0.6 is 7.82 Å². The molecule has 0 aromatic carbocycles. The third-order valence-corrected chi connectivity index (χ3v) is 16.3. The number of carbonyl (C=O) groups excluding carboxylic acids is 1. The van der Waals surface area contributed by atoms with Gasteiger partial charge in [0.1, 0.15) is 13.2 Å². The van der Waals surface area contributed by atoms with E-state index in [9.17, 15) is 19.4 Å². The molecule has 0 heterocycles. The SMILES string of the molecule is CCCCCCC/C=C\C/C=C\CCCCCCCCCCCCCCCCCCCCCC(=O)NC(COP(=O)([O-])OCC[N+](C)(C)C)C(O)/C=C/CCCCCCCCCCCCCCCCCCCCCCC. The monoisotopic (exact) mass is 1090 g/mol. The summed E-state index contributed by atoms with van der Waals surface area (Å²) in [5.74, 6) is -0.191. The summed E-state index contributed by atoms with van der Waals surface area (Å²) in [4.78, 5) is 25.6. The van der Waals surface area contributed by atoms with Crippen LogP contribution in [0.2, 0.25) is 0 Å². The van der Waals surface area contributed by atoms with Crippen LogP contribution in [0.1, 0.15) is 335 Å². The average molecular weight is 1090 g/mol. The lowest BCUT2D eigenvalue weighted by Crippen LogP contribution is -2.45. The Kier molecular flexibility index (Phi) is 57.4. The minimum absolute atomic E-state index is 0.000977. The van der Waals surface area contributed by atoms with Crippen molar-refractivity contribution in [2.75, 3.05) is 40.9 Å². The van der Waals surface area contributed by atoms with Gasteiger partial charge in [0.25, 0.3) is 7.82 Å². The molecule has 0 fully saturated rings.